The third-order valence-electron chi connectivity index (χ3n) is 2.52. The van der Waals surface area contributed by atoms with E-state index in [4.69, 9.17) is 51.6 Å². The molecule has 0 saturated heterocycles. The number of aliphatic imine (C=N–C) groups is 1. The van der Waals surface area contributed by atoms with Crippen LogP contribution in [-0.4, -0.2) is 17.3 Å². The predicted octanol–water partition coefficient (Wildman–Crippen LogP) is 5.90. The van der Waals surface area contributed by atoms with E-state index in [0.29, 0.717) is 31.5 Å². The highest BCUT2D eigenvalue weighted by atomic mass is 35.5. The molecule has 0 spiro atoms. The van der Waals surface area contributed by atoms with Gasteiger partial charge in [-0.15, -0.1) is 0 Å². The second-order valence-electron chi connectivity index (χ2n) is 4.09. The molecule has 114 valence electrons. The average Bonchev–Trinajstić information content (AvgIpc) is 2.45. The third kappa shape index (κ3) is 4.52. The van der Waals surface area contributed by atoms with Gasteiger partial charge in [-0.2, -0.15) is 0 Å². The number of oxime groups is 1. The van der Waals surface area contributed by atoms with Gasteiger partial charge in [0.15, 0.2) is 5.84 Å². The Kier molecular flexibility index (Phi) is 5.91. The van der Waals surface area contributed by atoms with Gasteiger partial charge in [0, 0.05) is 10.0 Å². The van der Waals surface area contributed by atoms with Gasteiger partial charge < -0.3 is 10.5 Å². The maximum atomic E-state index is 8.76. The van der Waals surface area contributed by atoms with Gasteiger partial charge in [0.2, 0.25) is 0 Å². The van der Waals surface area contributed by atoms with Crippen LogP contribution in [0.2, 0.25) is 20.1 Å². The van der Waals surface area contributed by atoms with E-state index in [1.165, 1.54) is 0 Å². The molecule has 0 heterocycles. The van der Waals surface area contributed by atoms with Crippen LogP contribution in [0.4, 0.5) is 11.4 Å². The maximum Gasteiger partial charge on any atom is 0.153 e. The first-order valence-corrected chi connectivity index (χ1v) is 7.44. The van der Waals surface area contributed by atoms with Crippen molar-refractivity contribution in [3.8, 4) is 0 Å². The molecule has 8 heteroatoms. The second kappa shape index (κ2) is 7.70. The lowest BCUT2D eigenvalue weighted by atomic mass is 10.3. The van der Waals surface area contributed by atoms with Gasteiger partial charge in [-0.1, -0.05) is 51.6 Å². The minimum absolute atomic E-state index is 0.232. The van der Waals surface area contributed by atoms with Crippen molar-refractivity contribution in [2.24, 2.45) is 10.1 Å². The Labute approximate surface area is 147 Å². The first-order chi connectivity index (χ1) is 10.5. The standard InChI is InChI=1S/C14H9Cl4N3O/c15-8-1-3-12(10(17)5-8)20-14(7-19-22)21-13-4-2-9(16)6-11(13)18/h1-7,22H,(H,20,21)/b19-7+. The minimum Gasteiger partial charge on any atom is -0.411 e. The Morgan fingerprint density at radius 1 is 0.955 bits per heavy atom. The lowest BCUT2D eigenvalue weighted by Crippen LogP contribution is -2.13. The fraction of sp³-hybridized carbons (Fsp3) is 0. The Hall–Kier alpha value is -1.46. The van der Waals surface area contributed by atoms with Crippen LogP contribution in [0.15, 0.2) is 46.5 Å². The molecule has 0 bridgehead atoms. The van der Waals surface area contributed by atoms with Crippen LogP contribution in [0.25, 0.3) is 0 Å². The molecular weight excluding hydrogens is 368 g/mol. The third-order valence-corrected chi connectivity index (χ3v) is 3.61. The van der Waals surface area contributed by atoms with Crippen molar-refractivity contribution in [1.82, 2.24) is 0 Å². The zero-order chi connectivity index (χ0) is 16.1. The first kappa shape index (κ1) is 16.9. The summed E-state index contributed by atoms with van der Waals surface area (Å²) in [6.45, 7) is 0. The molecular formula is C14H9Cl4N3O. The quantitative estimate of drug-likeness (QED) is 0.303. The largest absolute Gasteiger partial charge is 0.411 e. The zero-order valence-corrected chi connectivity index (χ0v) is 13.9. The SMILES string of the molecule is O/N=C/C(=Nc1ccc(Cl)cc1Cl)Nc1ccc(Cl)cc1Cl. The summed E-state index contributed by atoms with van der Waals surface area (Å²) in [4.78, 5) is 4.26. The molecule has 2 aromatic rings. The lowest BCUT2D eigenvalue weighted by molar-refractivity contribution is 0.322. The molecule has 0 aromatic heterocycles. The average molecular weight is 377 g/mol. The Balaban J connectivity index is 2.35. The molecule has 0 radical (unpaired) electrons. The number of anilines is 1. The summed E-state index contributed by atoms with van der Waals surface area (Å²) in [5.41, 5.74) is 1.01. The monoisotopic (exact) mass is 375 g/mol. The fourth-order valence-corrected chi connectivity index (χ4v) is 2.48. The maximum absolute atomic E-state index is 8.76. The van der Waals surface area contributed by atoms with Crippen LogP contribution in [0.1, 0.15) is 0 Å². The number of nitrogens with zero attached hydrogens (tertiary/aromatic N) is 2. The van der Waals surface area contributed by atoms with E-state index in [1.807, 2.05) is 0 Å². The Bertz CT molecular complexity index is 747. The minimum atomic E-state index is 0.232. The van der Waals surface area contributed by atoms with Crippen LogP contribution in [0, 0.1) is 0 Å². The van der Waals surface area contributed by atoms with Crippen LogP contribution >= 0.6 is 46.4 Å². The molecule has 2 aromatic carbocycles. The number of hydrogen-bond donors (Lipinski definition) is 2. The molecule has 0 saturated carbocycles. The summed E-state index contributed by atoms with van der Waals surface area (Å²) >= 11 is 23.8. The number of halogens is 4. The van der Waals surface area contributed by atoms with E-state index in [0.717, 1.165) is 6.21 Å². The van der Waals surface area contributed by atoms with E-state index < -0.39 is 0 Å². The van der Waals surface area contributed by atoms with Crippen molar-refractivity contribution in [3.05, 3.63) is 56.5 Å². The van der Waals surface area contributed by atoms with Crippen LogP contribution in [0.5, 0.6) is 0 Å². The molecule has 4 nitrogen and oxygen atoms in total. The smallest absolute Gasteiger partial charge is 0.153 e. The highest BCUT2D eigenvalue weighted by Gasteiger charge is 2.06. The molecule has 22 heavy (non-hydrogen) atoms. The number of nitrogens with one attached hydrogen (secondary N) is 1. The summed E-state index contributed by atoms with van der Waals surface area (Å²) in [6.07, 6.45) is 1.12. The van der Waals surface area contributed by atoms with Crippen LogP contribution in [-0.2, 0) is 0 Å². The predicted molar refractivity (Wildman–Crippen MR) is 93.9 cm³/mol. The zero-order valence-electron chi connectivity index (χ0n) is 10.9. The molecule has 2 rings (SSSR count). The highest BCUT2D eigenvalue weighted by Crippen LogP contribution is 2.29. The van der Waals surface area contributed by atoms with E-state index in [2.05, 4.69) is 15.5 Å². The van der Waals surface area contributed by atoms with Gasteiger partial charge in [-0.25, -0.2) is 4.99 Å². The lowest BCUT2D eigenvalue weighted by Gasteiger charge is -2.08. The van der Waals surface area contributed by atoms with Gasteiger partial charge in [0.05, 0.1) is 21.4 Å². The van der Waals surface area contributed by atoms with E-state index in [1.54, 1.807) is 36.4 Å². The summed E-state index contributed by atoms with van der Waals surface area (Å²) in [5, 5.41) is 16.4. The van der Waals surface area contributed by atoms with Gasteiger partial charge in [0.25, 0.3) is 0 Å². The Morgan fingerprint density at radius 2 is 1.59 bits per heavy atom. The van der Waals surface area contributed by atoms with Crippen LogP contribution in [0.3, 0.4) is 0 Å². The van der Waals surface area contributed by atoms with Gasteiger partial charge in [0.1, 0.15) is 6.21 Å². The fourth-order valence-electron chi connectivity index (χ4n) is 1.57. The van der Waals surface area contributed by atoms with Crippen molar-refractivity contribution in [1.29, 1.82) is 0 Å². The normalized spacial score (nSPS) is 11.9. The number of hydrogen-bond acceptors (Lipinski definition) is 3. The molecule has 0 aliphatic rings. The van der Waals surface area contributed by atoms with Gasteiger partial charge in [-0.05, 0) is 36.4 Å². The molecule has 0 aliphatic heterocycles. The molecule has 2 N–H and O–H groups in total. The van der Waals surface area contributed by atoms with Gasteiger partial charge in [-0.3, -0.25) is 0 Å². The van der Waals surface area contributed by atoms with E-state index >= 15 is 0 Å². The summed E-state index contributed by atoms with van der Waals surface area (Å²) < 4.78 is 0. The number of amidine groups is 1. The van der Waals surface area contributed by atoms with Crippen molar-refractivity contribution >= 4 is 69.8 Å². The molecule has 0 aliphatic carbocycles. The summed E-state index contributed by atoms with van der Waals surface area (Å²) in [7, 11) is 0. The van der Waals surface area contributed by atoms with Crippen molar-refractivity contribution < 1.29 is 5.21 Å². The molecule has 0 atom stereocenters. The van der Waals surface area contributed by atoms with Crippen molar-refractivity contribution in [3.63, 3.8) is 0 Å². The van der Waals surface area contributed by atoms with Gasteiger partial charge >= 0.3 is 0 Å². The van der Waals surface area contributed by atoms with E-state index in [9.17, 15) is 0 Å². The topological polar surface area (TPSA) is 57.0 Å². The van der Waals surface area contributed by atoms with Crippen LogP contribution < -0.4 is 5.32 Å². The number of benzene rings is 2. The molecule has 0 amide bonds. The summed E-state index contributed by atoms with van der Waals surface area (Å²) in [6, 6.07) is 9.77. The second-order valence-corrected chi connectivity index (χ2v) is 5.77. The van der Waals surface area contributed by atoms with Crippen molar-refractivity contribution in [2.45, 2.75) is 0 Å². The van der Waals surface area contributed by atoms with E-state index in [-0.39, 0.29) is 5.84 Å². The molecule has 0 unspecified atom stereocenters. The number of rotatable bonds is 3. The highest BCUT2D eigenvalue weighted by molar-refractivity contribution is 6.40. The Morgan fingerprint density at radius 3 is 2.18 bits per heavy atom. The van der Waals surface area contributed by atoms with Crippen molar-refractivity contribution in [2.75, 3.05) is 5.32 Å². The summed E-state index contributed by atoms with van der Waals surface area (Å²) in [5.74, 6) is 0.232. The first-order valence-electron chi connectivity index (χ1n) is 5.93. The molecule has 0 fully saturated rings.